The molecule has 16 heavy (non-hydrogen) atoms. The SMILES string of the molecule is CCOC(=O)[C@H]1[C@@H]2C(C)=CC(=O)[C@@H]2CN1C. The number of likely N-dealkylation sites (tertiary alicyclic amines) is 1. The van der Waals surface area contributed by atoms with Gasteiger partial charge in [-0.05, 0) is 27.0 Å². The number of hydrogen-bond acceptors (Lipinski definition) is 4. The monoisotopic (exact) mass is 223 g/mol. The number of nitrogens with zero attached hydrogens (tertiary/aromatic N) is 1. The predicted octanol–water partition coefficient (Wildman–Crippen LogP) is 0.625. The van der Waals surface area contributed by atoms with Gasteiger partial charge in [-0.3, -0.25) is 14.5 Å². The van der Waals surface area contributed by atoms with Crippen LogP contribution in [-0.2, 0) is 14.3 Å². The lowest BCUT2D eigenvalue weighted by Gasteiger charge is -2.22. The second-order valence-corrected chi connectivity index (χ2v) is 4.56. The van der Waals surface area contributed by atoms with E-state index < -0.39 is 0 Å². The fourth-order valence-electron chi connectivity index (χ4n) is 2.85. The largest absolute Gasteiger partial charge is 0.465 e. The smallest absolute Gasteiger partial charge is 0.323 e. The first-order valence-electron chi connectivity index (χ1n) is 5.65. The van der Waals surface area contributed by atoms with Crippen LogP contribution in [0.15, 0.2) is 11.6 Å². The molecule has 1 aliphatic carbocycles. The quantitative estimate of drug-likeness (QED) is 0.644. The van der Waals surface area contributed by atoms with E-state index in [1.54, 1.807) is 13.0 Å². The van der Waals surface area contributed by atoms with Crippen LogP contribution in [0.25, 0.3) is 0 Å². The van der Waals surface area contributed by atoms with Gasteiger partial charge in [0.05, 0.1) is 6.61 Å². The maximum absolute atomic E-state index is 11.8. The van der Waals surface area contributed by atoms with Gasteiger partial charge in [0.15, 0.2) is 5.78 Å². The van der Waals surface area contributed by atoms with Gasteiger partial charge in [0, 0.05) is 18.4 Å². The maximum atomic E-state index is 11.8. The molecule has 2 aliphatic rings. The summed E-state index contributed by atoms with van der Waals surface area (Å²) in [5.41, 5.74) is 1.01. The molecule has 0 bridgehead atoms. The minimum atomic E-state index is -0.285. The Morgan fingerprint density at radius 1 is 1.62 bits per heavy atom. The minimum Gasteiger partial charge on any atom is -0.465 e. The third-order valence-corrected chi connectivity index (χ3v) is 3.52. The molecule has 1 fully saturated rings. The van der Waals surface area contributed by atoms with Crippen molar-refractivity contribution in [2.75, 3.05) is 20.2 Å². The first-order valence-corrected chi connectivity index (χ1v) is 5.65. The number of esters is 1. The zero-order valence-corrected chi connectivity index (χ0v) is 9.90. The minimum absolute atomic E-state index is 0.0246. The van der Waals surface area contributed by atoms with Crippen LogP contribution in [-0.4, -0.2) is 42.9 Å². The third kappa shape index (κ3) is 1.57. The average Bonchev–Trinajstić information content (AvgIpc) is 2.67. The molecule has 0 radical (unpaired) electrons. The molecule has 0 unspecified atom stereocenters. The summed E-state index contributed by atoms with van der Waals surface area (Å²) < 4.78 is 5.07. The molecule has 2 rings (SSSR count). The second-order valence-electron chi connectivity index (χ2n) is 4.56. The maximum Gasteiger partial charge on any atom is 0.323 e. The number of fused-ring (bicyclic) bond motifs is 1. The Bertz CT molecular complexity index is 361. The van der Waals surface area contributed by atoms with Crippen LogP contribution in [0.4, 0.5) is 0 Å². The number of ether oxygens (including phenoxy) is 1. The van der Waals surface area contributed by atoms with E-state index in [0.29, 0.717) is 13.2 Å². The standard InChI is InChI=1S/C12H17NO3/c1-4-16-12(15)11-10-7(2)5-9(14)8(10)6-13(11)3/h5,8,10-11H,4,6H2,1-3H3/t8-,10+,11+/m0/s1. The van der Waals surface area contributed by atoms with E-state index in [-0.39, 0.29) is 29.6 Å². The number of hydrogen-bond donors (Lipinski definition) is 0. The van der Waals surface area contributed by atoms with Crippen molar-refractivity contribution in [2.24, 2.45) is 11.8 Å². The van der Waals surface area contributed by atoms with Gasteiger partial charge >= 0.3 is 5.97 Å². The molecule has 4 nitrogen and oxygen atoms in total. The zero-order chi connectivity index (χ0) is 11.9. The fourth-order valence-corrected chi connectivity index (χ4v) is 2.85. The van der Waals surface area contributed by atoms with Crippen molar-refractivity contribution in [3.8, 4) is 0 Å². The van der Waals surface area contributed by atoms with E-state index in [9.17, 15) is 9.59 Å². The van der Waals surface area contributed by atoms with Crippen LogP contribution in [0, 0.1) is 11.8 Å². The van der Waals surface area contributed by atoms with Crippen molar-refractivity contribution < 1.29 is 14.3 Å². The summed E-state index contributed by atoms with van der Waals surface area (Å²) in [6.07, 6.45) is 1.68. The topological polar surface area (TPSA) is 46.6 Å². The van der Waals surface area contributed by atoms with Gasteiger partial charge in [0.1, 0.15) is 6.04 Å². The Labute approximate surface area is 95.2 Å². The van der Waals surface area contributed by atoms with Crippen molar-refractivity contribution in [3.05, 3.63) is 11.6 Å². The van der Waals surface area contributed by atoms with Gasteiger partial charge in [-0.15, -0.1) is 0 Å². The highest BCUT2D eigenvalue weighted by Gasteiger charge is 2.50. The van der Waals surface area contributed by atoms with Gasteiger partial charge in [-0.25, -0.2) is 0 Å². The first-order chi connectivity index (χ1) is 7.56. The van der Waals surface area contributed by atoms with Crippen LogP contribution in [0.3, 0.4) is 0 Å². The Kier molecular flexibility index (Phi) is 2.84. The van der Waals surface area contributed by atoms with E-state index in [1.165, 1.54) is 0 Å². The fraction of sp³-hybridized carbons (Fsp3) is 0.667. The van der Waals surface area contributed by atoms with E-state index in [2.05, 4.69) is 0 Å². The second kappa shape index (κ2) is 4.01. The van der Waals surface area contributed by atoms with Crippen molar-refractivity contribution in [1.29, 1.82) is 0 Å². The van der Waals surface area contributed by atoms with Gasteiger partial charge in [0.2, 0.25) is 0 Å². The van der Waals surface area contributed by atoms with Crippen LogP contribution < -0.4 is 0 Å². The van der Waals surface area contributed by atoms with Crippen LogP contribution in [0.2, 0.25) is 0 Å². The molecule has 0 amide bonds. The van der Waals surface area contributed by atoms with Gasteiger partial charge in [-0.2, -0.15) is 0 Å². The summed E-state index contributed by atoms with van der Waals surface area (Å²) in [5.74, 6) is -0.0722. The molecule has 1 saturated heterocycles. The van der Waals surface area contributed by atoms with E-state index in [4.69, 9.17) is 4.74 Å². The van der Waals surface area contributed by atoms with E-state index in [1.807, 2.05) is 18.9 Å². The summed E-state index contributed by atoms with van der Waals surface area (Å²) in [4.78, 5) is 25.5. The molecule has 88 valence electrons. The Balaban J connectivity index is 2.23. The summed E-state index contributed by atoms with van der Waals surface area (Å²) in [5, 5.41) is 0. The van der Waals surface area contributed by atoms with Gasteiger partial charge in [0.25, 0.3) is 0 Å². The lowest BCUT2D eigenvalue weighted by atomic mass is 9.89. The van der Waals surface area contributed by atoms with Crippen LogP contribution >= 0.6 is 0 Å². The molecule has 0 spiro atoms. The third-order valence-electron chi connectivity index (χ3n) is 3.52. The predicted molar refractivity (Wildman–Crippen MR) is 58.8 cm³/mol. The Hall–Kier alpha value is -1.16. The lowest BCUT2D eigenvalue weighted by molar-refractivity contribution is -0.148. The van der Waals surface area contributed by atoms with Crippen molar-refractivity contribution in [3.63, 3.8) is 0 Å². The number of carbonyl (C=O) groups excluding carboxylic acids is 2. The molecule has 3 atom stereocenters. The lowest BCUT2D eigenvalue weighted by Crippen LogP contribution is -2.38. The molecule has 4 heteroatoms. The molecule has 1 heterocycles. The van der Waals surface area contributed by atoms with Crippen LogP contribution in [0.5, 0.6) is 0 Å². The molecule has 0 N–H and O–H groups in total. The Morgan fingerprint density at radius 3 is 2.94 bits per heavy atom. The van der Waals surface area contributed by atoms with Crippen molar-refractivity contribution >= 4 is 11.8 Å². The Morgan fingerprint density at radius 2 is 2.31 bits per heavy atom. The van der Waals surface area contributed by atoms with Crippen molar-refractivity contribution in [1.82, 2.24) is 4.90 Å². The molecular formula is C12H17NO3. The summed E-state index contributed by atoms with van der Waals surface area (Å²) in [7, 11) is 1.88. The van der Waals surface area contributed by atoms with Gasteiger partial charge in [-0.1, -0.05) is 5.57 Å². The number of ketones is 1. The van der Waals surface area contributed by atoms with Crippen molar-refractivity contribution in [2.45, 2.75) is 19.9 Å². The number of carbonyl (C=O) groups is 2. The molecule has 0 saturated carbocycles. The summed E-state index contributed by atoms with van der Waals surface area (Å²) >= 11 is 0. The highest BCUT2D eigenvalue weighted by molar-refractivity contribution is 5.97. The first kappa shape index (κ1) is 11.3. The van der Waals surface area contributed by atoms with Crippen LogP contribution in [0.1, 0.15) is 13.8 Å². The highest BCUT2D eigenvalue weighted by Crippen LogP contribution is 2.40. The molecule has 1 aliphatic heterocycles. The summed E-state index contributed by atoms with van der Waals surface area (Å²) in [6.45, 7) is 4.76. The number of likely N-dealkylation sites (N-methyl/N-ethyl adjacent to an activating group) is 1. The molecule has 0 aromatic heterocycles. The summed E-state index contributed by atoms with van der Waals surface area (Å²) in [6, 6.07) is -0.285. The molecule has 0 aromatic rings. The molecular weight excluding hydrogens is 206 g/mol. The van der Waals surface area contributed by atoms with E-state index >= 15 is 0 Å². The number of allylic oxidation sites excluding steroid dienone is 1. The normalized spacial score (nSPS) is 33.8. The number of rotatable bonds is 2. The molecule has 0 aromatic carbocycles. The average molecular weight is 223 g/mol. The van der Waals surface area contributed by atoms with Gasteiger partial charge < -0.3 is 4.74 Å². The zero-order valence-electron chi connectivity index (χ0n) is 9.90. The van der Waals surface area contributed by atoms with E-state index in [0.717, 1.165) is 5.57 Å². The highest BCUT2D eigenvalue weighted by atomic mass is 16.5.